The van der Waals surface area contributed by atoms with E-state index in [-0.39, 0.29) is 5.91 Å². The van der Waals surface area contributed by atoms with Crippen LogP contribution in [0, 0.1) is 0 Å². The first-order chi connectivity index (χ1) is 10.6. The maximum Gasteiger partial charge on any atom is 0.270 e. The standard InChI is InChI=1S/C15H17ClN4O2/c1-3-6-17-15(21)12-8-14(19-9-18-12)20-11-7-10(16)4-5-13(11)22-2/h4-5,7-9H,3,6H2,1-2H3,(H,17,21)(H,18,19,20). The zero-order valence-electron chi connectivity index (χ0n) is 12.4. The molecule has 0 unspecified atom stereocenters. The van der Waals surface area contributed by atoms with Crippen molar-refractivity contribution in [3.05, 3.63) is 41.3 Å². The van der Waals surface area contributed by atoms with Crippen LogP contribution >= 0.6 is 11.6 Å². The van der Waals surface area contributed by atoms with Crippen molar-refractivity contribution in [2.24, 2.45) is 0 Å². The van der Waals surface area contributed by atoms with Crippen LogP contribution in [0.1, 0.15) is 23.8 Å². The molecule has 0 bridgehead atoms. The molecular weight excluding hydrogens is 304 g/mol. The van der Waals surface area contributed by atoms with Gasteiger partial charge in [0.15, 0.2) is 0 Å². The molecule has 116 valence electrons. The summed E-state index contributed by atoms with van der Waals surface area (Å²) in [5.41, 5.74) is 0.959. The maximum absolute atomic E-state index is 11.9. The number of ether oxygens (including phenoxy) is 1. The van der Waals surface area contributed by atoms with Gasteiger partial charge >= 0.3 is 0 Å². The molecule has 0 aliphatic rings. The molecule has 2 aromatic rings. The Balaban J connectivity index is 2.20. The summed E-state index contributed by atoms with van der Waals surface area (Å²) in [6.07, 6.45) is 2.20. The third-order valence-electron chi connectivity index (χ3n) is 2.86. The molecule has 0 saturated carbocycles. The van der Waals surface area contributed by atoms with Crippen LogP contribution in [-0.2, 0) is 0 Å². The van der Waals surface area contributed by atoms with E-state index in [1.54, 1.807) is 31.4 Å². The number of methoxy groups -OCH3 is 1. The number of amides is 1. The second kappa shape index (κ2) is 7.61. The van der Waals surface area contributed by atoms with Gasteiger partial charge in [0.2, 0.25) is 0 Å². The largest absolute Gasteiger partial charge is 0.495 e. The number of nitrogens with one attached hydrogen (secondary N) is 2. The van der Waals surface area contributed by atoms with Gasteiger partial charge in [-0.3, -0.25) is 4.79 Å². The Morgan fingerprint density at radius 3 is 2.86 bits per heavy atom. The number of rotatable bonds is 6. The number of aromatic nitrogens is 2. The van der Waals surface area contributed by atoms with Crippen molar-refractivity contribution >= 4 is 29.0 Å². The first-order valence-electron chi connectivity index (χ1n) is 6.85. The van der Waals surface area contributed by atoms with E-state index in [9.17, 15) is 4.79 Å². The zero-order chi connectivity index (χ0) is 15.9. The summed E-state index contributed by atoms with van der Waals surface area (Å²) < 4.78 is 5.26. The van der Waals surface area contributed by atoms with E-state index in [1.165, 1.54) is 6.33 Å². The van der Waals surface area contributed by atoms with E-state index >= 15 is 0 Å². The molecule has 1 amide bonds. The zero-order valence-corrected chi connectivity index (χ0v) is 13.1. The number of carbonyl (C=O) groups excluding carboxylic acids is 1. The highest BCUT2D eigenvalue weighted by atomic mass is 35.5. The number of carbonyl (C=O) groups is 1. The van der Waals surface area contributed by atoms with Crippen LogP contribution < -0.4 is 15.4 Å². The van der Waals surface area contributed by atoms with Crippen LogP contribution in [0.15, 0.2) is 30.6 Å². The normalized spacial score (nSPS) is 10.1. The average molecular weight is 321 g/mol. The van der Waals surface area contributed by atoms with Gasteiger partial charge in [0.25, 0.3) is 5.91 Å². The van der Waals surface area contributed by atoms with E-state index in [4.69, 9.17) is 16.3 Å². The van der Waals surface area contributed by atoms with Crippen molar-refractivity contribution in [3.8, 4) is 5.75 Å². The minimum atomic E-state index is -0.231. The summed E-state index contributed by atoms with van der Waals surface area (Å²) in [5.74, 6) is 0.877. The molecule has 2 rings (SSSR count). The lowest BCUT2D eigenvalue weighted by Crippen LogP contribution is -2.25. The van der Waals surface area contributed by atoms with Crippen molar-refractivity contribution in [3.63, 3.8) is 0 Å². The molecule has 0 aliphatic heterocycles. The molecule has 0 aliphatic carbocycles. The molecule has 1 aromatic heterocycles. The lowest BCUT2D eigenvalue weighted by molar-refractivity contribution is 0.0948. The van der Waals surface area contributed by atoms with E-state index in [0.29, 0.717) is 34.5 Å². The van der Waals surface area contributed by atoms with Crippen LogP contribution in [-0.4, -0.2) is 29.5 Å². The van der Waals surface area contributed by atoms with Crippen molar-refractivity contribution in [2.45, 2.75) is 13.3 Å². The summed E-state index contributed by atoms with van der Waals surface area (Å²) in [6.45, 7) is 2.59. The van der Waals surface area contributed by atoms with Gasteiger partial charge in [-0.05, 0) is 24.6 Å². The van der Waals surface area contributed by atoms with Gasteiger partial charge < -0.3 is 15.4 Å². The fourth-order valence-corrected chi connectivity index (χ4v) is 1.97. The Kier molecular flexibility index (Phi) is 5.55. The lowest BCUT2D eigenvalue weighted by Gasteiger charge is -2.11. The molecule has 0 spiro atoms. The van der Waals surface area contributed by atoms with E-state index in [1.807, 2.05) is 6.92 Å². The summed E-state index contributed by atoms with van der Waals surface area (Å²) in [4.78, 5) is 20.0. The van der Waals surface area contributed by atoms with Crippen LogP contribution in [0.3, 0.4) is 0 Å². The first kappa shape index (κ1) is 16.0. The highest BCUT2D eigenvalue weighted by Crippen LogP contribution is 2.29. The lowest BCUT2D eigenvalue weighted by atomic mass is 10.3. The highest BCUT2D eigenvalue weighted by Gasteiger charge is 2.10. The van der Waals surface area contributed by atoms with Gasteiger partial charge in [0.1, 0.15) is 23.6 Å². The second-order valence-electron chi connectivity index (χ2n) is 4.51. The Labute approximate surface area is 133 Å². The minimum Gasteiger partial charge on any atom is -0.495 e. The molecule has 7 heteroatoms. The Bertz CT molecular complexity index is 664. The van der Waals surface area contributed by atoms with E-state index in [2.05, 4.69) is 20.6 Å². The van der Waals surface area contributed by atoms with Gasteiger partial charge in [0.05, 0.1) is 12.8 Å². The molecule has 1 heterocycles. The van der Waals surface area contributed by atoms with E-state index in [0.717, 1.165) is 6.42 Å². The second-order valence-corrected chi connectivity index (χ2v) is 4.95. The summed E-state index contributed by atoms with van der Waals surface area (Å²) in [7, 11) is 1.57. The third-order valence-corrected chi connectivity index (χ3v) is 3.09. The fraction of sp³-hybridized carbons (Fsp3) is 0.267. The number of anilines is 2. The summed E-state index contributed by atoms with van der Waals surface area (Å²) in [6, 6.07) is 6.78. The fourth-order valence-electron chi connectivity index (χ4n) is 1.79. The molecule has 0 atom stereocenters. The SMILES string of the molecule is CCCNC(=O)c1cc(Nc2cc(Cl)ccc2OC)ncn1. The predicted octanol–water partition coefficient (Wildman–Crippen LogP) is 3.02. The van der Waals surface area contributed by atoms with Gasteiger partial charge in [-0.25, -0.2) is 9.97 Å². The number of benzene rings is 1. The van der Waals surface area contributed by atoms with Crippen molar-refractivity contribution < 1.29 is 9.53 Å². The van der Waals surface area contributed by atoms with Crippen LogP contribution in [0.4, 0.5) is 11.5 Å². The molecule has 0 fully saturated rings. The highest BCUT2D eigenvalue weighted by molar-refractivity contribution is 6.31. The smallest absolute Gasteiger partial charge is 0.270 e. The van der Waals surface area contributed by atoms with Crippen molar-refractivity contribution in [1.82, 2.24) is 15.3 Å². The topological polar surface area (TPSA) is 76.1 Å². The number of halogens is 1. The average Bonchev–Trinajstić information content (AvgIpc) is 2.53. The molecule has 1 aromatic carbocycles. The number of hydrogen-bond acceptors (Lipinski definition) is 5. The van der Waals surface area contributed by atoms with Gasteiger partial charge in [-0.2, -0.15) is 0 Å². The quantitative estimate of drug-likeness (QED) is 0.855. The molecular formula is C15H17ClN4O2. The monoisotopic (exact) mass is 320 g/mol. The van der Waals surface area contributed by atoms with Gasteiger partial charge in [-0.1, -0.05) is 18.5 Å². The summed E-state index contributed by atoms with van der Waals surface area (Å²) >= 11 is 5.99. The number of hydrogen-bond donors (Lipinski definition) is 2. The first-order valence-corrected chi connectivity index (χ1v) is 7.22. The van der Waals surface area contributed by atoms with Crippen LogP contribution in [0.2, 0.25) is 5.02 Å². The van der Waals surface area contributed by atoms with Crippen LogP contribution in [0.25, 0.3) is 0 Å². The summed E-state index contributed by atoms with van der Waals surface area (Å²) in [5, 5.41) is 6.41. The van der Waals surface area contributed by atoms with Gasteiger partial charge in [-0.15, -0.1) is 0 Å². The Morgan fingerprint density at radius 1 is 1.32 bits per heavy atom. The third kappa shape index (κ3) is 4.08. The Hall–Kier alpha value is -2.34. The molecule has 2 N–H and O–H groups in total. The maximum atomic E-state index is 11.9. The van der Waals surface area contributed by atoms with E-state index < -0.39 is 0 Å². The predicted molar refractivity (Wildman–Crippen MR) is 85.9 cm³/mol. The number of nitrogens with zero attached hydrogens (tertiary/aromatic N) is 2. The minimum absolute atomic E-state index is 0.231. The van der Waals surface area contributed by atoms with Crippen molar-refractivity contribution in [2.75, 3.05) is 19.0 Å². The molecule has 22 heavy (non-hydrogen) atoms. The molecule has 0 saturated heterocycles. The van der Waals surface area contributed by atoms with Crippen molar-refractivity contribution in [1.29, 1.82) is 0 Å². The molecule has 6 nitrogen and oxygen atoms in total. The van der Waals surface area contributed by atoms with Crippen LogP contribution in [0.5, 0.6) is 5.75 Å². The van der Waals surface area contributed by atoms with Gasteiger partial charge in [0, 0.05) is 17.6 Å². The Morgan fingerprint density at radius 2 is 2.14 bits per heavy atom. The molecule has 0 radical (unpaired) electrons.